The van der Waals surface area contributed by atoms with Crippen molar-refractivity contribution in [1.29, 1.82) is 0 Å². The van der Waals surface area contributed by atoms with Crippen LogP contribution in [0.5, 0.6) is 0 Å². The van der Waals surface area contributed by atoms with Gasteiger partial charge in [-0.25, -0.2) is 5.43 Å². The first-order valence-electron chi connectivity index (χ1n) is 9.37. The molecule has 0 aliphatic rings. The van der Waals surface area contributed by atoms with Gasteiger partial charge in [-0.3, -0.25) is 14.6 Å². The average Bonchev–Trinajstić information content (AvgIpc) is 3.01. The predicted octanol–water partition coefficient (Wildman–Crippen LogP) is 3.30. The van der Waals surface area contributed by atoms with Crippen LogP contribution in [0.3, 0.4) is 0 Å². The molecular formula is C22H22ClN5O2. The van der Waals surface area contributed by atoms with Crippen molar-refractivity contribution in [2.24, 2.45) is 5.10 Å². The Labute approximate surface area is 179 Å². The largest absolute Gasteiger partial charge is 0.352 e. The second-order valence-electron chi connectivity index (χ2n) is 6.72. The quantitative estimate of drug-likeness (QED) is 0.347. The number of amides is 2. The van der Waals surface area contributed by atoms with Gasteiger partial charge >= 0.3 is 0 Å². The molecule has 2 heterocycles. The SMILES string of the molecule is Cc1cc(/C=N/NC(=O)CC(=O)NCc2cccnc2)c(C)n1-c1ccccc1Cl. The highest BCUT2D eigenvalue weighted by molar-refractivity contribution is 6.32. The van der Waals surface area contributed by atoms with E-state index in [1.54, 1.807) is 24.7 Å². The van der Waals surface area contributed by atoms with Gasteiger partial charge in [-0.1, -0.05) is 29.8 Å². The number of nitrogens with one attached hydrogen (secondary N) is 2. The molecule has 0 aliphatic carbocycles. The van der Waals surface area contributed by atoms with E-state index in [2.05, 4.69) is 20.8 Å². The molecule has 0 atom stereocenters. The fraction of sp³-hybridized carbons (Fsp3) is 0.182. The molecule has 2 aromatic heterocycles. The lowest BCUT2D eigenvalue weighted by Gasteiger charge is -2.11. The lowest BCUT2D eigenvalue weighted by molar-refractivity contribution is -0.129. The summed E-state index contributed by atoms with van der Waals surface area (Å²) in [4.78, 5) is 27.8. The number of carbonyl (C=O) groups excluding carboxylic acids is 2. The van der Waals surface area contributed by atoms with E-state index in [1.807, 2.05) is 54.8 Å². The van der Waals surface area contributed by atoms with Crippen LogP contribution in [-0.4, -0.2) is 27.6 Å². The minimum Gasteiger partial charge on any atom is -0.352 e. The molecule has 0 fully saturated rings. The Morgan fingerprint density at radius 1 is 1.17 bits per heavy atom. The van der Waals surface area contributed by atoms with E-state index in [4.69, 9.17) is 11.6 Å². The Balaban J connectivity index is 1.56. The molecule has 0 radical (unpaired) electrons. The van der Waals surface area contributed by atoms with Gasteiger partial charge in [0.15, 0.2) is 0 Å². The van der Waals surface area contributed by atoms with Gasteiger partial charge in [0.05, 0.1) is 16.9 Å². The normalized spacial score (nSPS) is 10.9. The number of para-hydroxylation sites is 1. The molecule has 0 spiro atoms. The van der Waals surface area contributed by atoms with Crippen molar-refractivity contribution >= 4 is 29.6 Å². The van der Waals surface area contributed by atoms with Crippen LogP contribution in [0.1, 0.15) is 28.9 Å². The van der Waals surface area contributed by atoms with Crippen LogP contribution in [0.25, 0.3) is 5.69 Å². The van der Waals surface area contributed by atoms with E-state index >= 15 is 0 Å². The summed E-state index contributed by atoms with van der Waals surface area (Å²) in [6, 6.07) is 13.2. The number of hydrogen-bond donors (Lipinski definition) is 2. The molecule has 0 aliphatic heterocycles. The highest BCUT2D eigenvalue weighted by Crippen LogP contribution is 2.25. The molecule has 30 heavy (non-hydrogen) atoms. The lowest BCUT2D eigenvalue weighted by atomic mass is 10.2. The minimum absolute atomic E-state index is 0.309. The number of hydrogen-bond acceptors (Lipinski definition) is 4. The van der Waals surface area contributed by atoms with Gasteiger partial charge < -0.3 is 9.88 Å². The van der Waals surface area contributed by atoms with Crippen molar-refractivity contribution in [3.8, 4) is 5.69 Å². The summed E-state index contributed by atoms with van der Waals surface area (Å²) in [5.74, 6) is -0.877. The summed E-state index contributed by atoms with van der Waals surface area (Å²) in [5.41, 5.74) is 6.89. The van der Waals surface area contributed by atoms with Crippen molar-refractivity contribution in [2.75, 3.05) is 0 Å². The molecule has 0 saturated heterocycles. The Kier molecular flexibility index (Phi) is 6.98. The molecule has 0 saturated carbocycles. The van der Waals surface area contributed by atoms with Gasteiger partial charge in [-0.2, -0.15) is 5.10 Å². The number of nitrogens with zero attached hydrogens (tertiary/aromatic N) is 3. The first-order valence-corrected chi connectivity index (χ1v) is 9.75. The van der Waals surface area contributed by atoms with Crippen LogP contribution in [0.15, 0.2) is 60.0 Å². The smallest absolute Gasteiger partial charge is 0.249 e. The number of aryl methyl sites for hydroxylation is 1. The van der Waals surface area contributed by atoms with Crippen LogP contribution >= 0.6 is 11.6 Å². The standard InChI is InChI=1S/C22H22ClN5O2/c1-15-10-18(16(2)28(15)20-8-4-3-7-19(20)23)14-26-27-22(30)11-21(29)25-13-17-6-5-9-24-12-17/h3-10,12,14H,11,13H2,1-2H3,(H,25,29)(H,27,30)/b26-14+. The summed E-state index contributed by atoms with van der Waals surface area (Å²) >= 11 is 6.32. The van der Waals surface area contributed by atoms with Crippen molar-refractivity contribution in [1.82, 2.24) is 20.3 Å². The van der Waals surface area contributed by atoms with E-state index in [-0.39, 0.29) is 12.3 Å². The number of rotatable bonds is 7. The molecule has 2 N–H and O–H groups in total. The van der Waals surface area contributed by atoms with Crippen LogP contribution < -0.4 is 10.7 Å². The monoisotopic (exact) mass is 423 g/mol. The third kappa shape index (κ3) is 5.33. The van der Waals surface area contributed by atoms with E-state index in [0.29, 0.717) is 11.6 Å². The van der Waals surface area contributed by atoms with E-state index in [0.717, 1.165) is 28.2 Å². The summed E-state index contributed by atoms with van der Waals surface area (Å²) in [5, 5.41) is 7.30. The molecule has 0 unspecified atom stereocenters. The highest BCUT2D eigenvalue weighted by atomic mass is 35.5. The van der Waals surface area contributed by atoms with Crippen LogP contribution in [0.2, 0.25) is 5.02 Å². The predicted molar refractivity (Wildman–Crippen MR) is 117 cm³/mol. The van der Waals surface area contributed by atoms with Crippen LogP contribution in [0, 0.1) is 13.8 Å². The Morgan fingerprint density at radius 2 is 1.97 bits per heavy atom. The Hall–Kier alpha value is -3.45. The fourth-order valence-corrected chi connectivity index (χ4v) is 3.27. The van der Waals surface area contributed by atoms with Crippen molar-refractivity contribution in [3.63, 3.8) is 0 Å². The van der Waals surface area contributed by atoms with Crippen molar-refractivity contribution in [3.05, 3.63) is 82.4 Å². The molecule has 2 amide bonds. The maximum atomic E-state index is 12.0. The lowest BCUT2D eigenvalue weighted by Crippen LogP contribution is -2.29. The zero-order chi connectivity index (χ0) is 21.5. The first kappa shape index (κ1) is 21.3. The second-order valence-corrected chi connectivity index (χ2v) is 7.13. The number of pyridine rings is 1. The van der Waals surface area contributed by atoms with Crippen molar-refractivity contribution in [2.45, 2.75) is 26.8 Å². The number of carbonyl (C=O) groups is 2. The molecule has 3 aromatic rings. The van der Waals surface area contributed by atoms with Gasteiger partial charge in [0.1, 0.15) is 6.42 Å². The highest BCUT2D eigenvalue weighted by Gasteiger charge is 2.12. The molecular weight excluding hydrogens is 402 g/mol. The summed E-state index contributed by atoms with van der Waals surface area (Å²) in [6.07, 6.45) is 4.56. The first-order chi connectivity index (χ1) is 14.5. The summed E-state index contributed by atoms with van der Waals surface area (Å²) in [7, 11) is 0. The van der Waals surface area contributed by atoms with E-state index < -0.39 is 5.91 Å². The molecule has 0 bridgehead atoms. The van der Waals surface area contributed by atoms with Crippen LogP contribution in [0.4, 0.5) is 0 Å². The van der Waals surface area contributed by atoms with E-state index in [9.17, 15) is 9.59 Å². The maximum absolute atomic E-state index is 12.0. The zero-order valence-corrected chi connectivity index (χ0v) is 17.5. The molecule has 7 nitrogen and oxygen atoms in total. The molecule has 154 valence electrons. The number of hydrazone groups is 1. The number of aromatic nitrogens is 2. The van der Waals surface area contributed by atoms with Gasteiger partial charge in [-0.05, 0) is 43.7 Å². The van der Waals surface area contributed by atoms with Crippen LogP contribution in [-0.2, 0) is 16.1 Å². The Bertz CT molecular complexity index is 1080. The molecule has 1 aromatic carbocycles. The third-order valence-electron chi connectivity index (χ3n) is 4.49. The average molecular weight is 424 g/mol. The minimum atomic E-state index is -0.491. The fourth-order valence-electron chi connectivity index (χ4n) is 3.05. The molecule has 8 heteroatoms. The summed E-state index contributed by atoms with van der Waals surface area (Å²) < 4.78 is 2.03. The third-order valence-corrected chi connectivity index (χ3v) is 4.81. The second kappa shape index (κ2) is 9.84. The van der Waals surface area contributed by atoms with Gasteiger partial charge in [-0.15, -0.1) is 0 Å². The van der Waals surface area contributed by atoms with E-state index in [1.165, 1.54) is 0 Å². The molecule has 3 rings (SSSR count). The van der Waals surface area contributed by atoms with Gasteiger partial charge in [0.25, 0.3) is 0 Å². The number of halogens is 1. The summed E-state index contributed by atoms with van der Waals surface area (Å²) in [6.45, 7) is 4.24. The van der Waals surface area contributed by atoms with Crippen molar-refractivity contribution < 1.29 is 9.59 Å². The van der Waals surface area contributed by atoms with Gasteiger partial charge in [0, 0.05) is 35.9 Å². The maximum Gasteiger partial charge on any atom is 0.249 e. The number of benzene rings is 1. The topological polar surface area (TPSA) is 88.4 Å². The Morgan fingerprint density at radius 3 is 2.70 bits per heavy atom. The zero-order valence-electron chi connectivity index (χ0n) is 16.7. The van der Waals surface area contributed by atoms with Gasteiger partial charge in [0.2, 0.25) is 11.8 Å².